The first-order chi connectivity index (χ1) is 7.90. The number of anilines is 1. The van der Waals surface area contributed by atoms with Gasteiger partial charge in [-0.1, -0.05) is 0 Å². The second-order valence-electron chi connectivity index (χ2n) is 3.46. The van der Waals surface area contributed by atoms with E-state index in [1.807, 2.05) is 0 Å². The predicted octanol–water partition coefficient (Wildman–Crippen LogP) is 0.922. The zero-order valence-electron chi connectivity index (χ0n) is 10.2. The Kier molecular flexibility index (Phi) is 4.19. The van der Waals surface area contributed by atoms with Crippen LogP contribution in [0.3, 0.4) is 0 Å². The zero-order valence-corrected chi connectivity index (χ0v) is 11.0. The van der Waals surface area contributed by atoms with Crippen LogP contribution in [0.1, 0.15) is 0 Å². The molecule has 17 heavy (non-hydrogen) atoms. The van der Waals surface area contributed by atoms with Crippen LogP contribution in [0.15, 0.2) is 18.2 Å². The number of nitrogens with zero attached hydrogens (tertiary/aromatic N) is 1. The van der Waals surface area contributed by atoms with Gasteiger partial charge in [0.25, 0.3) is 0 Å². The van der Waals surface area contributed by atoms with Gasteiger partial charge in [-0.2, -0.15) is 12.7 Å². The maximum atomic E-state index is 11.6. The zero-order chi connectivity index (χ0) is 13.1. The lowest BCUT2D eigenvalue weighted by Gasteiger charge is -2.14. The molecule has 1 N–H and O–H groups in total. The van der Waals surface area contributed by atoms with Gasteiger partial charge >= 0.3 is 10.2 Å². The van der Waals surface area contributed by atoms with Gasteiger partial charge in [0.1, 0.15) is 0 Å². The molecule has 0 radical (unpaired) electrons. The maximum Gasteiger partial charge on any atom is 0.301 e. The van der Waals surface area contributed by atoms with E-state index in [-0.39, 0.29) is 0 Å². The van der Waals surface area contributed by atoms with Gasteiger partial charge in [-0.05, 0) is 12.1 Å². The number of hydrogen-bond acceptors (Lipinski definition) is 4. The molecule has 7 heteroatoms. The molecule has 0 fully saturated rings. The quantitative estimate of drug-likeness (QED) is 0.855. The SMILES string of the molecule is COc1ccc(NS(=O)(=O)N(C)C)cc1OC. The molecular formula is C10H16N2O4S. The van der Waals surface area contributed by atoms with Crippen molar-refractivity contribution in [3.63, 3.8) is 0 Å². The molecule has 0 aliphatic heterocycles. The van der Waals surface area contributed by atoms with Crippen molar-refractivity contribution in [2.45, 2.75) is 0 Å². The molecule has 0 saturated heterocycles. The summed E-state index contributed by atoms with van der Waals surface area (Å²) in [6, 6.07) is 4.79. The molecule has 0 aromatic heterocycles. The lowest BCUT2D eigenvalue weighted by atomic mass is 10.3. The van der Waals surface area contributed by atoms with E-state index < -0.39 is 10.2 Å². The Bertz CT molecular complexity index is 485. The number of hydrogen-bond donors (Lipinski definition) is 1. The van der Waals surface area contributed by atoms with Gasteiger partial charge in [-0.25, -0.2) is 0 Å². The lowest BCUT2D eigenvalue weighted by molar-refractivity contribution is 0.355. The van der Waals surface area contributed by atoms with Crippen molar-refractivity contribution in [3.05, 3.63) is 18.2 Å². The van der Waals surface area contributed by atoms with E-state index >= 15 is 0 Å². The first-order valence-electron chi connectivity index (χ1n) is 4.83. The fourth-order valence-electron chi connectivity index (χ4n) is 1.14. The van der Waals surface area contributed by atoms with Crippen LogP contribution in [-0.2, 0) is 10.2 Å². The van der Waals surface area contributed by atoms with Gasteiger partial charge in [0.15, 0.2) is 11.5 Å². The topological polar surface area (TPSA) is 67.9 Å². The van der Waals surface area contributed by atoms with E-state index in [9.17, 15) is 8.42 Å². The summed E-state index contributed by atoms with van der Waals surface area (Å²) in [5.41, 5.74) is 0.413. The Morgan fingerprint density at radius 3 is 2.18 bits per heavy atom. The number of methoxy groups -OCH3 is 2. The first-order valence-corrected chi connectivity index (χ1v) is 6.27. The summed E-state index contributed by atoms with van der Waals surface area (Å²) >= 11 is 0. The molecule has 1 aromatic rings. The molecule has 0 spiro atoms. The Morgan fingerprint density at radius 1 is 1.12 bits per heavy atom. The molecule has 0 unspecified atom stereocenters. The second kappa shape index (κ2) is 5.24. The average molecular weight is 260 g/mol. The molecule has 0 amide bonds. The molecule has 96 valence electrons. The van der Waals surface area contributed by atoms with Crippen LogP contribution in [-0.4, -0.2) is 41.0 Å². The van der Waals surface area contributed by atoms with E-state index in [0.29, 0.717) is 17.2 Å². The molecule has 0 bridgehead atoms. The molecule has 1 aromatic carbocycles. The molecule has 1 rings (SSSR count). The van der Waals surface area contributed by atoms with Crippen LogP contribution in [0.2, 0.25) is 0 Å². The van der Waals surface area contributed by atoms with Crippen LogP contribution in [0, 0.1) is 0 Å². The van der Waals surface area contributed by atoms with Crippen LogP contribution in [0.5, 0.6) is 11.5 Å². The van der Waals surface area contributed by atoms with Crippen LogP contribution in [0.25, 0.3) is 0 Å². The Labute approximate surface area is 101 Å². The summed E-state index contributed by atoms with van der Waals surface area (Å²) in [6.45, 7) is 0. The first kappa shape index (κ1) is 13.6. The predicted molar refractivity (Wildman–Crippen MR) is 65.8 cm³/mol. The molecular weight excluding hydrogens is 244 g/mol. The Morgan fingerprint density at radius 2 is 1.71 bits per heavy atom. The Balaban J connectivity index is 3.02. The van der Waals surface area contributed by atoms with Crippen LogP contribution < -0.4 is 14.2 Å². The molecule has 6 nitrogen and oxygen atoms in total. The van der Waals surface area contributed by atoms with E-state index in [0.717, 1.165) is 4.31 Å². The molecule has 0 aliphatic carbocycles. The minimum atomic E-state index is -3.51. The molecule has 0 heterocycles. The molecule has 0 saturated carbocycles. The highest BCUT2D eigenvalue weighted by atomic mass is 32.2. The third-order valence-electron chi connectivity index (χ3n) is 2.11. The van der Waals surface area contributed by atoms with Crippen molar-refractivity contribution in [2.24, 2.45) is 0 Å². The molecule has 0 atom stereocenters. The van der Waals surface area contributed by atoms with Crippen molar-refractivity contribution in [1.82, 2.24) is 4.31 Å². The van der Waals surface area contributed by atoms with Gasteiger partial charge in [-0.3, -0.25) is 4.72 Å². The van der Waals surface area contributed by atoms with Crippen molar-refractivity contribution < 1.29 is 17.9 Å². The summed E-state index contributed by atoms with van der Waals surface area (Å²) in [4.78, 5) is 0. The summed E-state index contributed by atoms with van der Waals surface area (Å²) in [5, 5.41) is 0. The van der Waals surface area contributed by atoms with Gasteiger partial charge in [0, 0.05) is 20.2 Å². The van der Waals surface area contributed by atoms with Crippen molar-refractivity contribution >= 4 is 15.9 Å². The van der Waals surface area contributed by atoms with E-state index in [4.69, 9.17) is 9.47 Å². The van der Waals surface area contributed by atoms with Gasteiger partial charge in [0.2, 0.25) is 0 Å². The molecule has 0 aliphatic rings. The summed E-state index contributed by atoms with van der Waals surface area (Å²) in [7, 11) is 2.39. The average Bonchev–Trinajstić information content (AvgIpc) is 2.28. The van der Waals surface area contributed by atoms with Gasteiger partial charge in [0.05, 0.1) is 19.9 Å². The summed E-state index contributed by atoms with van der Waals surface area (Å²) in [5.74, 6) is 1.01. The highest BCUT2D eigenvalue weighted by Gasteiger charge is 2.14. The maximum absolute atomic E-state index is 11.6. The third kappa shape index (κ3) is 3.24. The van der Waals surface area contributed by atoms with Crippen LogP contribution >= 0.6 is 0 Å². The summed E-state index contributed by atoms with van der Waals surface area (Å²) < 4.78 is 36.8. The number of rotatable bonds is 5. The van der Waals surface area contributed by atoms with Crippen molar-refractivity contribution in [1.29, 1.82) is 0 Å². The van der Waals surface area contributed by atoms with Crippen LogP contribution in [0.4, 0.5) is 5.69 Å². The van der Waals surface area contributed by atoms with Gasteiger partial charge < -0.3 is 9.47 Å². The van der Waals surface area contributed by atoms with E-state index in [2.05, 4.69) is 4.72 Å². The van der Waals surface area contributed by atoms with E-state index in [1.54, 1.807) is 18.2 Å². The Hall–Kier alpha value is -1.47. The number of nitrogens with one attached hydrogen (secondary N) is 1. The fraction of sp³-hybridized carbons (Fsp3) is 0.400. The normalized spacial score (nSPS) is 11.4. The number of benzene rings is 1. The van der Waals surface area contributed by atoms with Crippen molar-refractivity contribution in [2.75, 3.05) is 33.0 Å². The van der Waals surface area contributed by atoms with Crippen molar-refractivity contribution in [3.8, 4) is 11.5 Å². The monoisotopic (exact) mass is 260 g/mol. The lowest BCUT2D eigenvalue weighted by Crippen LogP contribution is -2.28. The van der Waals surface area contributed by atoms with Gasteiger partial charge in [-0.15, -0.1) is 0 Å². The van der Waals surface area contributed by atoms with E-state index in [1.165, 1.54) is 28.3 Å². The summed E-state index contributed by atoms with van der Waals surface area (Å²) in [6.07, 6.45) is 0. The highest BCUT2D eigenvalue weighted by Crippen LogP contribution is 2.30. The standard InChI is InChI=1S/C10H16N2O4S/c1-12(2)17(13,14)11-8-5-6-9(15-3)10(7-8)16-4/h5-7,11H,1-4H3. The third-order valence-corrected chi connectivity index (χ3v) is 3.57. The highest BCUT2D eigenvalue weighted by molar-refractivity contribution is 7.90. The largest absolute Gasteiger partial charge is 0.493 e. The fourth-order valence-corrected chi connectivity index (χ4v) is 1.75. The second-order valence-corrected chi connectivity index (χ2v) is 5.34. The number of ether oxygens (including phenoxy) is 2. The smallest absolute Gasteiger partial charge is 0.301 e. The minimum Gasteiger partial charge on any atom is -0.493 e. The minimum absolute atomic E-state index is 0.413.